The molecule has 0 bridgehead atoms. The maximum absolute atomic E-state index is 13.7. The normalized spacial score (nSPS) is 15.3. The molecule has 0 saturated carbocycles. The number of ether oxygens (including phenoxy) is 3. The Bertz CT molecular complexity index is 1250. The molecule has 1 unspecified atom stereocenters. The van der Waals surface area contributed by atoms with E-state index < -0.39 is 6.04 Å². The molecule has 174 valence electrons. The minimum Gasteiger partial charge on any atom is -0.493 e. The van der Waals surface area contributed by atoms with Crippen LogP contribution < -0.4 is 19.6 Å². The van der Waals surface area contributed by atoms with Gasteiger partial charge in [-0.3, -0.25) is 9.59 Å². The van der Waals surface area contributed by atoms with Crippen molar-refractivity contribution in [2.45, 2.75) is 13.0 Å². The van der Waals surface area contributed by atoms with Gasteiger partial charge in [-0.2, -0.15) is 0 Å². The zero-order valence-corrected chi connectivity index (χ0v) is 19.7. The molecule has 0 radical (unpaired) electrons. The van der Waals surface area contributed by atoms with Crippen LogP contribution in [0, 0.1) is 6.92 Å². The third kappa shape index (κ3) is 3.80. The van der Waals surface area contributed by atoms with Crippen molar-refractivity contribution >= 4 is 16.9 Å². The van der Waals surface area contributed by atoms with E-state index in [9.17, 15) is 9.59 Å². The van der Waals surface area contributed by atoms with Gasteiger partial charge in [0.25, 0.3) is 5.91 Å². The number of aryl methyl sites for hydroxylation is 1. The van der Waals surface area contributed by atoms with Crippen LogP contribution in [0.1, 0.15) is 33.3 Å². The second-order valence-corrected chi connectivity index (χ2v) is 8.34. The largest absolute Gasteiger partial charge is 0.493 e. The van der Waals surface area contributed by atoms with Gasteiger partial charge in [-0.25, -0.2) is 0 Å². The average molecular weight is 453 g/mol. The molecule has 0 spiro atoms. The SMILES string of the molecule is COc1cc(C2c3c(oc4ccc(C)cc4c3=O)C(=O)N2CCN(C)C)cc(OC)c1OC. The van der Waals surface area contributed by atoms with Gasteiger partial charge in [-0.15, -0.1) is 0 Å². The summed E-state index contributed by atoms with van der Waals surface area (Å²) in [6.07, 6.45) is 0. The van der Waals surface area contributed by atoms with Crippen molar-refractivity contribution in [3.63, 3.8) is 0 Å². The van der Waals surface area contributed by atoms with E-state index in [0.717, 1.165) is 5.56 Å². The van der Waals surface area contributed by atoms with Crippen LogP contribution in [0.3, 0.4) is 0 Å². The van der Waals surface area contributed by atoms with Crippen molar-refractivity contribution in [2.75, 3.05) is 48.5 Å². The molecule has 33 heavy (non-hydrogen) atoms. The van der Waals surface area contributed by atoms with Gasteiger partial charge < -0.3 is 28.4 Å². The summed E-state index contributed by atoms with van der Waals surface area (Å²) in [4.78, 5) is 30.8. The Morgan fingerprint density at radius 3 is 2.24 bits per heavy atom. The summed E-state index contributed by atoms with van der Waals surface area (Å²) in [5.41, 5.74) is 2.12. The molecule has 0 N–H and O–H groups in total. The number of carbonyl (C=O) groups excluding carboxylic acids is 1. The molecule has 1 atom stereocenters. The first kappa shape index (κ1) is 22.7. The summed E-state index contributed by atoms with van der Waals surface area (Å²) in [5.74, 6) is 1.09. The lowest BCUT2D eigenvalue weighted by molar-refractivity contribution is 0.0716. The monoisotopic (exact) mass is 452 g/mol. The van der Waals surface area contributed by atoms with Gasteiger partial charge in [0.05, 0.1) is 38.3 Å². The topological polar surface area (TPSA) is 81.5 Å². The highest BCUT2D eigenvalue weighted by atomic mass is 16.5. The quantitative estimate of drug-likeness (QED) is 0.544. The number of benzene rings is 2. The van der Waals surface area contributed by atoms with Crippen molar-refractivity contribution in [3.05, 3.63) is 63.0 Å². The van der Waals surface area contributed by atoms with Gasteiger partial charge in [-0.1, -0.05) is 11.6 Å². The van der Waals surface area contributed by atoms with E-state index in [1.165, 1.54) is 21.3 Å². The van der Waals surface area contributed by atoms with Crippen LogP contribution >= 0.6 is 0 Å². The van der Waals surface area contributed by atoms with E-state index in [4.69, 9.17) is 18.6 Å². The smallest absolute Gasteiger partial charge is 0.290 e. The lowest BCUT2D eigenvalue weighted by Crippen LogP contribution is -2.35. The molecule has 0 aliphatic carbocycles. The predicted molar refractivity (Wildman–Crippen MR) is 125 cm³/mol. The maximum Gasteiger partial charge on any atom is 0.290 e. The lowest BCUT2D eigenvalue weighted by Gasteiger charge is -2.27. The summed E-state index contributed by atoms with van der Waals surface area (Å²) in [6.45, 7) is 2.94. The zero-order valence-electron chi connectivity index (χ0n) is 19.7. The fourth-order valence-electron chi connectivity index (χ4n) is 4.28. The zero-order chi connectivity index (χ0) is 23.9. The number of rotatable bonds is 7. The second kappa shape index (κ2) is 8.78. The van der Waals surface area contributed by atoms with Crippen molar-refractivity contribution in [1.82, 2.24) is 9.80 Å². The van der Waals surface area contributed by atoms with E-state index in [1.807, 2.05) is 32.0 Å². The van der Waals surface area contributed by atoms with E-state index in [1.54, 1.807) is 29.2 Å². The van der Waals surface area contributed by atoms with Crippen LogP contribution in [0.25, 0.3) is 11.0 Å². The maximum atomic E-state index is 13.7. The van der Waals surface area contributed by atoms with Crippen LogP contribution in [-0.2, 0) is 0 Å². The van der Waals surface area contributed by atoms with Crippen molar-refractivity contribution in [3.8, 4) is 17.2 Å². The van der Waals surface area contributed by atoms with Crippen molar-refractivity contribution in [2.24, 2.45) is 0 Å². The second-order valence-electron chi connectivity index (χ2n) is 8.34. The molecule has 2 heterocycles. The fourth-order valence-corrected chi connectivity index (χ4v) is 4.28. The number of fused-ring (bicyclic) bond motifs is 2. The van der Waals surface area contributed by atoms with E-state index in [0.29, 0.717) is 52.4 Å². The first-order valence-corrected chi connectivity index (χ1v) is 10.6. The van der Waals surface area contributed by atoms with Crippen LogP contribution in [-0.4, -0.2) is 64.2 Å². The molecule has 1 aliphatic rings. The number of nitrogens with zero attached hydrogens (tertiary/aromatic N) is 2. The Kier molecular flexibility index (Phi) is 6.03. The Hall–Kier alpha value is -3.52. The highest BCUT2D eigenvalue weighted by Gasteiger charge is 2.43. The lowest BCUT2D eigenvalue weighted by atomic mass is 9.97. The van der Waals surface area contributed by atoms with Crippen LogP contribution in [0.5, 0.6) is 17.2 Å². The molecule has 1 aliphatic heterocycles. The Morgan fingerprint density at radius 1 is 1.00 bits per heavy atom. The van der Waals surface area contributed by atoms with Gasteiger partial charge in [0.15, 0.2) is 16.9 Å². The van der Waals surface area contributed by atoms with E-state index in [-0.39, 0.29) is 17.1 Å². The van der Waals surface area contributed by atoms with Gasteiger partial charge in [-0.05, 0) is 50.8 Å². The molecule has 0 saturated heterocycles. The molecule has 0 fully saturated rings. The summed E-state index contributed by atoms with van der Waals surface area (Å²) in [7, 11) is 8.46. The van der Waals surface area contributed by atoms with Gasteiger partial charge in [0, 0.05) is 13.1 Å². The highest BCUT2D eigenvalue weighted by molar-refractivity contribution is 5.99. The third-order valence-electron chi connectivity index (χ3n) is 5.91. The average Bonchev–Trinajstić information content (AvgIpc) is 3.08. The number of methoxy groups -OCH3 is 3. The van der Waals surface area contributed by atoms with Gasteiger partial charge >= 0.3 is 0 Å². The molecule has 1 aromatic heterocycles. The van der Waals surface area contributed by atoms with E-state index in [2.05, 4.69) is 0 Å². The Morgan fingerprint density at radius 2 is 1.67 bits per heavy atom. The van der Waals surface area contributed by atoms with Crippen molar-refractivity contribution < 1.29 is 23.4 Å². The standard InChI is InChI=1S/C25H28N2O6/c1-14-7-8-17-16(11-14)22(28)20-21(27(10-9-26(2)3)25(29)24(20)33-17)15-12-18(30-4)23(32-6)19(13-15)31-5/h7-8,11-13,21H,9-10H2,1-6H3. The summed E-state index contributed by atoms with van der Waals surface area (Å²) in [5, 5.41) is 0.452. The summed E-state index contributed by atoms with van der Waals surface area (Å²) in [6, 6.07) is 8.28. The minimum atomic E-state index is -0.651. The van der Waals surface area contributed by atoms with Crippen molar-refractivity contribution in [1.29, 1.82) is 0 Å². The highest BCUT2D eigenvalue weighted by Crippen LogP contribution is 2.44. The van der Waals surface area contributed by atoms with Crippen LogP contribution in [0.4, 0.5) is 0 Å². The number of likely N-dealkylation sites (N-methyl/N-ethyl adjacent to an activating group) is 1. The predicted octanol–water partition coefficient (Wildman–Crippen LogP) is 3.23. The first-order chi connectivity index (χ1) is 15.8. The third-order valence-corrected chi connectivity index (χ3v) is 5.91. The number of hydrogen-bond donors (Lipinski definition) is 0. The summed E-state index contributed by atoms with van der Waals surface area (Å²) >= 11 is 0. The fraction of sp³-hybridized carbons (Fsp3) is 0.360. The molecule has 4 rings (SSSR count). The summed E-state index contributed by atoms with van der Waals surface area (Å²) < 4.78 is 22.5. The van der Waals surface area contributed by atoms with Crippen LogP contribution in [0.15, 0.2) is 39.5 Å². The molecule has 1 amide bonds. The minimum absolute atomic E-state index is 0.0776. The van der Waals surface area contributed by atoms with Gasteiger partial charge in [0.2, 0.25) is 11.5 Å². The molecular weight excluding hydrogens is 424 g/mol. The molecule has 8 heteroatoms. The number of amides is 1. The number of hydrogen-bond acceptors (Lipinski definition) is 7. The Labute approximate surface area is 192 Å². The van der Waals surface area contributed by atoms with Gasteiger partial charge in [0.1, 0.15) is 5.58 Å². The first-order valence-electron chi connectivity index (χ1n) is 10.6. The molecular formula is C25H28N2O6. The van der Waals surface area contributed by atoms with Crippen LogP contribution in [0.2, 0.25) is 0 Å². The van der Waals surface area contributed by atoms with E-state index >= 15 is 0 Å². The molecule has 2 aromatic carbocycles. The molecule has 3 aromatic rings. The molecule has 8 nitrogen and oxygen atoms in total. The Balaban J connectivity index is 1.99. The number of carbonyl (C=O) groups is 1.